The SMILES string of the molecule is Cc1ccc(C=Cc2cc[n+](C)cc2)cc1. The molecule has 80 valence electrons. The van der Waals surface area contributed by atoms with Crippen molar-refractivity contribution in [2.24, 2.45) is 7.05 Å². The normalized spacial score (nSPS) is 10.9. The fourth-order valence-electron chi connectivity index (χ4n) is 1.49. The molecule has 1 nitrogen and oxygen atoms in total. The average molecular weight is 210 g/mol. The number of hydrogen-bond donors (Lipinski definition) is 0. The van der Waals surface area contributed by atoms with Gasteiger partial charge in [-0.25, -0.2) is 4.57 Å². The molecule has 0 spiro atoms. The Kier molecular flexibility index (Phi) is 3.16. The van der Waals surface area contributed by atoms with E-state index in [2.05, 4.69) is 67.9 Å². The Hall–Kier alpha value is -1.89. The van der Waals surface area contributed by atoms with Crippen molar-refractivity contribution in [1.29, 1.82) is 0 Å². The molecule has 0 atom stereocenters. The van der Waals surface area contributed by atoms with Crippen LogP contribution in [0.5, 0.6) is 0 Å². The Morgan fingerprint density at radius 3 is 1.88 bits per heavy atom. The maximum atomic E-state index is 2.13. The van der Waals surface area contributed by atoms with Gasteiger partial charge in [-0.15, -0.1) is 0 Å². The van der Waals surface area contributed by atoms with Crippen molar-refractivity contribution in [2.45, 2.75) is 6.92 Å². The van der Waals surface area contributed by atoms with E-state index in [4.69, 9.17) is 0 Å². The molecule has 0 aliphatic rings. The lowest BCUT2D eigenvalue weighted by Gasteiger charge is -1.95. The van der Waals surface area contributed by atoms with Gasteiger partial charge in [0.05, 0.1) is 0 Å². The molecule has 0 N–H and O–H groups in total. The van der Waals surface area contributed by atoms with E-state index in [1.165, 1.54) is 16.7 Å². The third kappa shape index (κ3) is 2.80. The van der Waals surface area contributed by atoms with Crippen molar-refractivity contribution in [3.63, 3.8) is 0 Å². The molecule has 16 heavy (non-hydrogen) atoms. The minimum Gasteiger partial charge on any atom is -0.208 e. The van der Waals surface area contributed by atoms with Crippen LogP contribution in [0.15, 0.2) is 48.8 Å². The summed E-state index contributed by atoms with van der Waals surface area (Å²) in [6.45, 7) is 2.10. The topological polar surface area (TPSA) is 3.88 Å². The number of nitrogens with zero attached hydrogens (tertiary/aromatic N) is 1. The summed E-state index contributed by atoms with van der Waals surface area (Å²) in [4.78, 5) is 0. The van der Waals surface area contributed by atoms with Crippen molar-refractivity contribution in [3.8, 4) is 0 Å². The summed E-state index contributed by atoms with van der Waals surface area (Å²) >= 11 is 0. The molecular formula is C15H16N+. The molecule has 0 fully saturated rings. The predicted molar refractivity (Wildman–Crippen MR) is 67.7 cm³/mol. The molecule has 2 aromatic rings. The fourth-order valence-corrected chi connectivity index (χ4v) is 1.49. The predicted octanol–water partition coefficient (Wildman–Crippen LogP) is 2.99. The van der Waals surface area contributed by atoms with Gasteiger partial charge in [0.25, 0.3) is 0 Å². The van der Waals surface area contributed by atoms with Gasteiger partial charge in [0.15, 0.2) is 12.4 Å². The number of rotatable bonds is 2. The van der Waals surface area contributed by atoms with Gasteiger partial charge in [0.2, 0.25) is 0 Å². The minimum atomic E-state index is 1.22. The zero-order valence-electron chi connectivity index (χ0n) is 9.72. The molecule has 0 aliphatic carbocycles. The van der Waals surface area contributed by atoms with E-state index in [1.807, 2.05) is 11.6 Å². The minimum absolute atomic E-state index is 1.22. The van der Waals surface area contributed by atoms with Crippen LogP contribution in [-0.4, -0.2) is 0 Å². The molecule has 0 amide bonds. The Labute approximate surface area is 96.7 Å². The molecule has 1 heteroatoms. The second kappa shape index (κ2) is 4.75. The van der Waals surface area contributed by atoms with E-state index >= 15 is 0 Å². The zero-order valence-corrected chi connectivity index (χ0v) is 9.72. The van der Waals surface area contributed by atoms with Crippen LogP contribution in [0.2, 0.25) is 0 Å². The molecule has 0 saturated carbocycles. The highest BCUT2D eigenvalue weighted by Crippen LogP contribution is 2.08. The van der Waals surface area contributed by atoms with Crippen molar-refractivity contribution < 1.29 is 4.57 Å². The molecule has 1 aromatic carbocycles. The molecule has 0 aliphatic heterocycles. The molecule has 0 radical (unpaired) electrons. The van der Waals surface area contributed by atoms with E-state index in [0.717, 1.165) is 0 Å². The third-order valence-corrected chi connectivity index (χ3v) is 2.55. The van der Waals surface area contributed by atoms with Gasteiger partial charge in [0, 0.05) is 12.1 Å². The quantitative estimate of drug-likeness (QED) is 0.671. The highest BCUT2D eigenvalue weighted by molar-refractivity contribution is 5.69. The second-order valence-corrected chi connectivity index (χ2v) is 4.04. The van der Waals surface area contributed by atoms with E-state index in [9.17, 15) is 0 Å². The maximum Gasteiger partial charge on any atom is 0.169 e. The first-order chi connectivity index (χ1) is 7.74. The standard InChI is InChI=1S/C15H16N/c1-13-3-5-14(6-4-13)7-8-15-9-11-16(2)12-10-15/h3-12H,1-2H3/q+1. The summed E-state index contributed by atoms with van der Waals surface area (Å²) < 4.78 is 2.03. The zero-order chi connectivity index (χ0) is 11.4. The van der Waals surface area contributed by atoms with Crippen molar-refractivity contribution in [1.82, 2.24) is 0 Å². The van der Waals surface area contributed by atoms with Crippen LogP contribution >= 0.6 is 0 Å². The summed E-state index contributed by atoms with van der Waals surface area (Å²) in [7, 11) is 2.02. The summed E-state index contributed by atoms with van der Waals surface area (Å²) in [5.41, 5.74) is 3.75. The lowest BCUT2D eigenvalue weighted by atomic mass is 10.1. The van der Waals surface area contributed by atoms with Gasteiger partial charge >= 0.3 is 0 Å². The van der Waals surface area contributed by atoms with Crippen LogP contribution in [0, 0.1) is 6.92 Å². The summed E-state index contributed by atoms with van der Waals surface area (Å²) in [6.07, 6.45) is 8.36. The largest absolute Gasteiger partial charge is 0.208 e. The smallest absolute Gasteiger partial charge is 0.169 e. The van der Waals surface area contributed by atoms with Gasteiger partial charge in [-0.05, 0) is 18.1 Å². The molecular weight excluding hydrogens is 194 g/mol. The van der Waals surface area contributed by atoms with Crippen molar-refractivity contribution >= 4 is 12.2 Å². The van der Waals surface area contributed by atoms with Crippen LogP contribution in [0.1, 0.15) is 16.7 Å². The van der Waals surface area contributed by atoms with E-state index in [0.29, 0.717) is 0 Å². The van der Waals surface area contributed by atoms with E-state index in [-0.39, 0.29) is 0 Å². The van der Waals surface area contributed by atoms with Crippen LogP contribution in [0.4, 0.5) is 0 Å². The molecule has 1 heterocycles. The van der Waals surface area contributed by atoms with Crippen LogP contribution in [-0.2, 0) is 7.05 Å². The van der Waals surface area contributed by atoms with Crippen LogP contribution in [0.3, 0.4) is 0 Å². The Morgan fingerprint density at radius 2 is 1.31 bits per heavy atom. The van der Waals surface area contributed by atoms with Gasteiger partial charge in [0.1, 0.15) is 7.05 Å². The van der Waals surface area contributed by atoms with Gasteiger partial charge in [-0.3, -0.25) is 0 Å². The van der Waals surface area contributed by atoms with Gasteiger partial charge < -0.3 is 0 Å². The monoisotopic (exact) mass is 210 g/mol. The van der Waals surface area contributed by atoms with Gasteiger partial charge in [-0.2, -0.15) is 0 Å². The third-order valence-electron chi connectivity index (χ3n) is 2.55. The number of pyridine rings is 1. The number of aromatic nitrogens is 1. The summed E-state index contributed by atoms with van der Waals surface area (Å²) in [5, 5.41) is 0. The van der Waals surface area contributed by atoms with Crippen molar-refractivity contribution in [3.05, 3.63) is 65.5 Å². The highest BCUT2D eigenvalue weighted by atomic mass is 14.9. The first-order valence-electron chi connectivity index (χ1n) is 5.44. The molecule has 0 saturated heterocycles. The lowest BCUT2D eigenvalue weighted by molar-refractivity contribution is -0.671. The highest BCUT2D eigenvalue weighted by Gasteiger charge is 1.91. The molecule has 0 unspecified atom stereocenters. The maximum absolute atomic E-state index is 2.13. The van der Waals surface area contributed by atoms with Gasteiger partial charge in [-0.1, -0.05) is 42.0 Å². The Bertz CT molecular complexity index is 430. The second-order valence-electron chi connectivity index (χ2n) is 4.04. The summed E-state index contributed by atoms with van der Waals surface area (Å²) in [5.74, 6) is 0. The number of hydrogen-bond acceptors (Lipinski definition) is 0. The Morgan fingerprint density at radius 1 is 0.812 bits per heavy atom. The average Bonchev–Trinajstić information content (AvgIpc) is 2.30. The molecule has 1 aromatic heterocycles. The first kappa shape index (κ1) is 10.6. The van der Waals surface area contributed by atoms with E-state index < -0.39 is 0 Å². The molecule has 0 bridgehead atoms. The lowest BCUT2D eigenvalue weighted by Crippen LogP contribution is -2.25. The van der Waals surface area contributed by atoms with Crippen LogP contribution < -0.4 is 4.57 Å². The van der Waals surface area contributed by atoms with E-state index in [1.54, 1.807) is 0 Å². The summed E-state index contributed by atoms with van der Waals surface area (Å²) in [6, 6.07) is 12.7. The van der Waals surface area contributed by atoms with Crippen molar-refractivity contribution in [2.75, 3.05) is 0 Å². The number of aryl methyl sites for hydroxylation is 2. The fraction of sp³-hybridized carbons (Fsp3) is 0.133. The Balaban J connectivity index is 2.15. The first-order valence-corrected chi connectivity index (χ1v) is 5.44. The number of benzene rings is 1. The van der Waals surface area contributed by atoms with Crippen LogP contribution in [0.25, 0.3) is 12.2 Å². The molecule has 2 rings (SSSR count).